The van der Waals surface area contributed by atoms with Crippen LogP contribution in [0.3, 0.4) is 0 Å². The number of benzene rings is 3. The van der Waals surface area contributed by atoms with Gasteiger partial charge in [0.2, 0.25) is 5.75 Å². The molecule has 0 bridgehead atoms. The van der Waals surface area contributed by atoms with E-state index in [0.717, 1.165) is 4.31 Å². The van der Waals surface area contributed by atoms with Crippen LogP contribution < -0.4 is 23.3 Å². The summed E-state index contributed by atoms with van der Waals surface area (Å²) in [5.41, 5.74) is 0.559. The highest BCUT2D eigenvalue weighted by Crippen LogP contribution is 2.48. The molecular weight excluding hydrogens is 474 g/mol. The topological polar surface area (TPSA) is 101 Å². The maximum Gasteiger partial charge on any atom is 0.340 e. The van der Waals surface area contributed by atoms with Crippen LogP contribution in [-0.4, -0.2) is 49.9 Å². The molecule has 0 unspecified atom stereocenters. The minimum absolute atomic E-state index is 0.000248. The van der Waals surface area contributed by atoms with Crippen LogP contribution in [0.25, 0.3) is 0 Å². The molecule has 0 amide bonds. The van der Waals surface area contributed by atoms with Crippen molar-refractivity contribution in [2.75, 3.05) is 39.9 Å². The Hall–Kier alpha value is -3.92. The average molecular weight is 502 g/mol. The smallest absolute Gasteiger partial charge is 0.340 e. The number of carbonyl (C=O) groups is 1. The van der Waals surface area contributed by atoms with Gasteiger partial charge in [-0.1, -0.05) is 30.3 Å². The summed E-state index contributed by atoms with van der Waals surface area (Å²) in [5, 5.41) is 0. The van der Waals surface area contributed by atoms with E-state index in [1.165, 1.54) is 53.7 Å². The number of ether oxygens (including phenoxy) is 5. The van der Waals surface area contributed by atoms with Gasteiger partial charge in [0.05, 0.1) is 52.6 Å². The Morgan fingerprint density at radius 1 is 0.800 bits per heavy atom. The molecule has 3 aromatic carbocycles. The van der Waals surface area contributed by atoms with E-state index in [9.17, 15) is 13.2 Å². The molecule has 186 valence electrons. The number of sulfonamides is 1. The largest absolute Gasteiger partial charge is 0.497 e. The monoisotopic (exact) mass is 501 g/mol. The van der Waals surface area contributed by atoms with Crippen LogP contribution in [0.5, 0.6) is 23.0 Å². The number of hydrogen-bond donors (Lipinski definition) is 0. The second kappa shape index (κ2) is 11.0. The molecule has 0 atom stereocenters. The van der Waals surface area contributed by atoms with Gasteiger partial charge in [0, 0.05) is 6.07 Å². The minimum atomic E-state index is -4.23. The maximum absolute atomic E-state index is 14.0. The van der Waals surface area contributed by atoms with Crippen LogP contribution in [0.1, 0.15) is 15.9 Å². The van der Waals surface area contributed by atoms with Crippen molar-refractivity contribution >= 4 is 21.7 Å². The van der Waals surface area contributed by atoms with Gasteiger partial charge < -0.3 is 23.7 Å². The summed E-state index contributed by atoms with van der Waals surface area (Å²) in [7, 11) is 2.60. The third-order valence-electron chi connectivity index (χ3n) is 5.27. The number of methoxy groups -OCH3 is 5. The molecule has 3 aromatic rings. The Labute approximate surface area is 204 Å². The lowest BCUT2D eigenvalue weighted by atomic mass is 10.1. The molecular formula is C25H27NO8S. The molecule has 9 nitrogen and oxygen atoms in total. The van der Waals surface area contributed by atoms with E-state index in [-0.39, 0.29) is 39.9 Å². The molecule has 10 heteroatoms. The van der Waals surface area contributed by atoms with E-state index in [1.54, 1.807) is 36.4 Å². The Balaban J connectivity index is 2.37. The molecule has 0 fully saturated rings. The zero-order chi connectivity index (χ0) is 25.6. The Kier molecular flexibility index (Phi) is 8.08. The van der Waals surface area contributed by atoms with Gasteiger partial charge in [-0.25, -0.2) is 13.2 Å². The Morgan fingerprint density at radius 2 is 1.43 bits per heavy atom. The molecule has 0 saturated heterocycles. The van der Waals surface area contributed by atoms with Gasteiger partial charge in [-0.05, 0) is 29.8 Å². The van der Waals surface area contributed by atoms with E-state index in [2.05, 4.69) is 0 Å². The van der Waals surface area contributed by atoms with E-state index >= 15 is 0 Å². The van der Waals surface area contributed by atoms with E-state index in [1.807, 2.05) is 6.07 Å². The van der Waals surface area contributed by atoms with Gasteiger partial charge in [0.15, 0.2) is 11.5 Å². The first-order valence-corrected chi connectivity index (χ1v) is 11.9. The average Bonchev–Trinajstić information content (AvgIpc) is 2.90. The van der Waals surface area contributed by atoms with Crippen molar-refractivity contribution in [3.63, 3.8) is 0 Å². The lowest BCUT2D eigenvalue weighted by Crippen LogP contribution is -2.32. The van der Waals surface area contributed by atoms with Gasteiger partial charge in [-0.2, -0.15) is 0 Å². The van der Waals surface area contributed by atoms with Crippen molar-refractivity contribution in [1.82, 2.24) is 0 Å². The van der Waals surface area contributed by atoms with Crippen molar-refractivity contribution in [1.29, 1.82) is 0 Å². The van der Waals surface area contributed by atoms with Crippen LogP contribution >= 0.6 is 0 Å². The van der Waals surface area contributed by atoms with Gasteiger partial charge in [0.1, 0.15) is 11.4 Å². The fraction of sp³-hybridized carbons (Fsp3) is 0.240. The summed E-state index contributed by atoms with van der Waals surface area (Å²) in [6.07, 6.45) is 0. The molecule has 0 aliphatic heterocycles. The molecule has 0 spiro atoms. The number of esters is 1. The van der Waals surface area contributed by atoms with Crippen LogP contribution in [0.4, 0.5) is 5.69 Å². The summed E-state index contributed by atoms with van der Waals surface area (Å²) in [4.78, 5) is 12.8. The number of hydrogen-bond acceptors (Lipinski definition) is 8. The fourth-order valence-corrected chi connectivity index (χ4v) is 5.04. The zero-order valence-electron chi connectivity index (χ0n) is 20.1. The minimum Gasteiger partial charge on any atom is -0.497 e. The predicted molar refractivity (Wildman–Crippen MR) is 130 cm³/mol. The summed E-state index contributed by atoms with van der Waals surface area (Å²) < 4.78 is 55.7. The first kappa shape index (κ1) is 25.7. The Bertz CT molecular complexity index is 1280. The lowest BCUT2D eigenvalue weighted by Gasteiger charge is -2.29. The third kappa shape index (κ3) is 5.12. The van der Waals surface area contributed by atoms with Crippen LogP contribution in [0.15, 0.2) is 65.6 Å². The van der Waals surface area contributed by atoms with Crippen molar-refractivity contribution in [2.45, 2.75) is 11.4 Å². The van der Waals surface area contributed by atoms with E-state index in [0.29, 0.717) is 11.3 Å². The molecule has 0 saturated carbocycles. The first-order valence-electron chi connectivity index (χ1n) is 10.4. The van der Waals surface area contributed by atoms with Crippen LogP contribution in [-0.2, 0) is 21.3 Å². The molecule has 0 aliphatic carbocycles. The number of anilines is 1. The molecule has 3 rings (SSSR count). The fourth-order valence-electron chi connectivity index (χ4n) is 3.56. The molecule has 35 heavy (non-hydrogen) atoms. The van der Waals surface area contributed by atoms with Crippen molar-refractivity contribution in [3.05, 3.63) is 71.8 Å². The molecule has 0 heterocycles. The Morgan fingerprint density at radius 3 is 1.94 bits per heavy atom. The van der Waals surface area contributed by atoms with E-state index in [4.69, 9.17) is 23.7 Å². The quantitative estimate of drug-likeness (QED) is 0.386. The molecule has 0 radical (unpaired) electrons. The lowest BCUT2D eigenvalue weighted by molar-refractivity contribution is 0.0600. The summed E-state index contributed by atoms with van der Waals surface area (Å²) in [6.45, 7) is -0.106. The van der Waals surface area contributed by atoms with Crippen molar-refractivity contribution in [3.8, 4) is 23.0 Å². The summed E-state index contributed by atoms with van der Waals surface area (Å²) in [6, 6.07) is 16.3. The highest BCUT2D eigenvalue weighted by Gasteiger charge is 2.35. The van der Waals surface area contributed by atoms with Crippen LogP contribution in [0, 0.1) is 0 Å². The standard InChI is InChI=1S/C25H27NO8S/c1-30-18-11-13-19(14-12-18)35(28,29)26(16-17-9-7-6-8-10-17)22-20(25(27)34-5)15-21(31-2)23(32-3)24(22)33-4/h6-15H,16H2,1-5H3. The SMILES string of the molecule is COC(=O)c1cc(OC)c(OC)c(OC)c1N(Cc1ccccc1)S(=O)(=O)c1ccc(OC)cc1. The highest BCUT2D eigenvalue weighted by atomic mass is 32.2. The predicted octanol–water partition coefficient (Wildman–Crippen LogP) is 3.90. The van der Waals surface area contributed by atoms with Gasteiger partial charge in [0.25, 0.3) is 10.0 Å². The highest BCUT2D eigenvalue weighted by molar-refractivity contribution is 7.92. The normalized spacial score (nSPS) is 10.9. The second-order valence-electron chi connectivity index (χ2n) is 7.21. The van der Waals surface area contributed by atoms with Gasteiger partial charge in [-0.15, -0.1) is 0 Å². The van der Waals surface area contributed by atoms with Gasteiger partial charge in [-0.3, -0.25) is 4.31 Å². The second-order valence-corrected chi connectivity index (χ2v) is 9.07. The van der Waals surface area contributed by atoms with Crippen molar-refractivity contribution < 1.29 is 36.9 Å². The van der Waals surface area contributed by atoms with Crippen molar-refractivity contribution in [2.24, 2.45) is 0 Å². The van der Waals surface area contributed by atoms with Gasteiger partial charge >= 0.3 is 5.97 Å². The maximum atomic E-state index is 14.0. The van der Waals surface area contributed by atoms with Crippen LogP contribution in [0.2, 0.25) is 0 Å². The molecule has 0 aliphatic rings. The zero-order valence-corrected chi connectivity index (χ0v) is 20.9. The molecule has 0 aromatic heterocycles. The summed E-state index contributed by atoms with van der Waals surface area (Å²) in [5.74, 6) is 0.0238. The molecule has 0 N–H and O–H groups in total. The first-order chi connectivity index (χ1) is 16.8. The third-order valence-corrected chi connectivity index (χ3v) is 7.03. The number of nitrogens with zero attached hydrogens (tertiary/aromatic N) is 1. The van der Waals surface area contributed by atoms with E-state index < -0.39 is 16.0 Å². The number of rotatable bonds is 10. The number of carbonyl (C=O) groups excluding carboxylic acids is 1. The summed E-state index contributed by atoms with van der Waals surface area (Å²) >= 11 is 0.